The molecule has 2 aromatic rings. The van der Waals surface area contributed by atoms with E-state index in [0.717, 1.165) is 17.0 Å². The molecule has 1 unspecified atom stereocenters. The lowest BCUT2D eigenvalue weighted by molar-refractivity contribution is 0.0955. The molecule has 1 amide bonds. The van der Waals surface area contributed by atoms with Gasteiger partial charge in [-0.3, -0.25) is 9.69 Å². The van der Waals surface area contributed by atoms with Crippen molar-refractivity contribution in [2.45, 2.75) is 45.3 Å². The Morgan fingerprint density at radius 3 is 2.70 bits per heavy atom. The molecule has 23 heavy (non-hydrogen) atoms. The van der Waals surface area contributed by atoms with Crippen molar-refractivity contribution in [2.24, 2.45) is 0 Å². The third kappa shape index (κ3) is 4.43. The van der Waals surface area contributed by atoms with E-state index in [1.807, 2.05) is 17.5 Å². The van der Waals surface area contributed by atoms with Gasteiger partial charge in [0.05, 0.1) is 4.88 Å². The molecule has 0 aliphatic carbocycles. The highest BCUT2D eigenvalue weighted by Crippen LogP contribution is 2.19. The summed E-state index contributed by atoms with van der Waals surface area (Å²) in [5.41, 5.74) is 2.50. The largest absolute Gasteiger partial charge is 0.347 e. The second kappa shape index (κ2) is 7.75. The van der Waals surface area contributed by atoms with Crippen molar-refractivity contribution < 1.29 is 4.79 Å². The van der Waals surface area contributed by atoms with E-state index in [9.17, 15) is 4.79 Å². The first kappa shape index (κ1) is 16.2. The molecule has 1 saturated heterocycles. The zero-order valence-electron chi connectivity index (χ0n) is 13.6. The van der Waals surface area contributed by atoms with Crippen molar-refractivity contribution in [3.05, 3.63) is 57.8 Å². The molecule has 0 saturated carbocycles. The number of benzene rings is 1. The number of likely N-dealkylation sites (tertiary alicyclic amines) is 1. The number of hydrogen-bond acceptors (Lipinski definition) is 3. The van der Waals surface area contributed by atoms with Gasteiger partial charge in [0.2, 0.25) is 0 Å². The fourth-order valence-corrected chi connectivity index (χ4v) is 3.71. The Kier molecular flexibility index (Phi) is 5.47. The smallest absolute Gasteiger partial charge is 0.261 e. The van der Waals surface area contributed by atoms with Crippen LogP contribution in [0, 0.1) is 0 Å². The van der Waals surface area contributed by atoms with E-state index in [1.165, 1.54) is 42.7 Å². The van der Waals surface area contributed by atoms with E-state index in [-0.39, 0.29) is 5.91 Å². The highest BCUT2D eigenvalue weighted by atomic mass is 32.1. The van der Waals surface area contributed by atoms with Crippen molar-refractivity contribution in [1.82, 2.24) is 10.2 Å². The number of piperidine rings is 1. The summed E-state index contributed by atoms with van der Waals surface area (Å²) in [5.74, 6) is 0.00576. The number of carbonyl (C=O) groups excluding carboxylic acids is 1. The van der Waals surface area contributed by atoms with Crippen LogP contribution in [0.3, 0.4) is 0 Å². The van der Waals surface area contributed by atoms with Gasteiger partial charge in [0, 0.05) is 19.1 Å². The zero-order chi connectivity index (χ0) is 16.1. The molecule has 1 aliphatic heterocycles. The Labute approximate surface area is 142 Å². The van der Waals surface area contributed by atoms with Crippen molar-refractivity contribution in [1.29, 1.82) is 0 Å². The summed E-state index contributed by atoms with van der Waals surface area (Å²) in [6.45, 7) is 5.15. The molecular formula is C19H24N2OS. The maximum atomic E-state index is 11.9. The fourth-order valence-electron chi connectivity index (χ4n) is 3.07. The summed E-state index contributed by atoms with van der Waals surface area (Å²) in [5, 5.41) is 4.89. The summed E-state index contributed by atoms with van der Waals surface area (Å²) in [6, 6.07) is 13.1. The molecule has 3 nitrogen and oxygen atoms in total. The standard InChI is InChI=1S/C19H24N2OS/c1-15-5-2-3-11-21(15)14-17-9-7-16(8-10-17)13-20-19(22)18-6-4-12-23-18/h4,6-10,12,15H,2-3,5,11,13-14H2,1H3,(H,20,22). The van der Waals surface area contributed by atoms with E-state index in [4.69, 9.17) is 0 Å². The van der Waals surface area contributed by atoms with Gasteiger partial charge in [0.1, 0.15) is 0 Å². The Morgan fingerprint density at radius 1 is 1.22 bits per heavy atom. The number of nitrogens with one attached hydrogen (secondary N) is 1. The van der Waals surface area contributed by atoms with Gasteiger partial charge in [-0.1, -0.05) is 36.8 Å². The van der Waals surface area contributed by atoms with Crippen LogP contribution in [0.5, 0.6) is 0 Å². The quantitative estimate of drug-likeness (QED) is 0.898. The molecule has 1 aliphatic rings. The molecule has 0 spiro atoms. The number of thiophene rings is 1. The second-order valence-electron chi connectivity index (χ2n) is 6.29. The minimum absolute atomic E-state index is 0.00576. The molecule has 1 aromatic heterocycles. The number of amides is 1. The van der Waals surface area contributed by atoms with Gasteiger partial charge in [0.25, 0.3) is 5.91 Å². The molecule has 122 valence electrons. The van der Waals surface area contributed by atoms with Gasteiger partial charge in [-0.15, -0.1) is 11.3 Å². The maximum absolute atomic E-state index is 11.9. The Balaban J connectivity index is 1.51. The summed E-state index contributed by atoms with van der Waals surface area (Å²) in [7, 11) is 0. The first-order valence-corrected chi connectivity index (χ1v) is 9.24. The molecule has 1 atom stereocenters. The topological polar surface area (TPSA) is 32.3 Å². The molecule has 3 rings (SSSR count). The van der Waals surface area contributed by atoms with Crippen LogP contribution in [0.4, 0.5) is 0 Å². The van der Waals surface area contributed by atoms with E-state index < -0.39 is 0 Å². The van der Waals surface area contributed by atoms with Gasteiger partial charge < -0.3 is 5.32 Å². The molecule has 0 bridgehead atoms. The van der Waals surface area contributed by atoms with Crippen LogP contribution in [0.1, 0.15) is 47.0 Å². The molecule has 1 fully saturated rings. The number of nitrogens with zero attached hydrogens (tertiary/aromatic N) is 1. The number of rotatable bonds is 5. The van der Waals surface area contributed by atoms with Gasteiger partial charge in [-0.05, 0) is 48.9 Å². The zero-order valence-corrected chi connectivity index (χ0v) is 14.4. The van der Waals surface area contributed by atoms with Crippen LogP contribution >= 0.6 is 11.3 Å². The van der Waals surface area contributed by atoms with Crippen molar-refractivity contribution >= 4 is 17.2 Å². The van der Waals surface area contributed by atoms with Crippen LogP contribution in [0.2, 0.25) is 0 Å². The predicted octanol–water partition coefficient (Wildman–Crippen LogP) is 4.05. The average Bonchev–Trinajstić information content (AvgIpc) is 3.11. The Bertz CT molecular complexity index is 621. The molecule has 4 heteroatoms. The van der Waals surface area contributed by atoms with E-state index in [2.05, 4.69) is 41.4 Å². The van der Waals surface area contributed by atoms with Crippen LogP contribution in [-0.2, 0) is 13.1 Å². The normalized spacial score (nSPS) is 18.7. The third-order valence-electron chi connectivity index (χ3n) is 4.55. The van der Waals surface area contributed by atoms with Crippen molar-refractivity contribution in [2.75, 3.05) is 6.54 Å². The maximum Gasteiger partial charge on any atom is 0.261 e. The Hall–Kier alpha value is -1.65. The first-order valence-electron chi connectivity index (χ1n) is 8.36. The highest BCUT2D eigenvalue weighted by molar-refractivity contribution is 7.12. The lowest BCUT2D eigenvalue weighted by Gasteiger charge is -2.33. The molecule has 1 aromatic carbocycles. The number of hydrogen-bond donors (Lipinski definition) is 1. The summed E-state index contributed by atoms with van der Waals surface area (Å²) < 4.78 is 0. The van der Waals surface area contributed by atoms with Gasteiger partial charge in [-0.2, -0.15) is 0 Å². The lowest BCUT2D eigenvalue weighted by Crippen LogP contribution is -2.36. The summed E-state index contributed by atoms with van der Waals surface area (Å²) in [6.07, 6.45) is 3.99. The molecular weight excluding hydrogens is 304 g/mol. The van der Waals surface area contributed by atoms with Crippen LogP contribution in [-0.4, -0.2) is 23.4 Å². The van der Waals surface area contributed by atoms with Gasteiger partial charge in [-0.25, -0.2) is 0 Å². The van der Waals surface area contributed by atoms with E-state index in [1.54, 1.807) is 0 Å². The highest BCUT2D eigenvalue weighted by Gasteiger charge is 2.17. The molecule has 0 radical (unpaired) electrons. The third-order valence-corrected chi connectivity index (χ3v) is 5.42. The van der Waals surface area contributed by atoms with E-state index in [0.29, 0.717) is 12.6 Å². The van der Waals surface area contributed by atoms with Crippen LogP contribution in [0.15, 0.2) is 41.8 Å². The van der Waals surface area contributed by atoms with Crippen molar-refractivity contribution in [3.63, 3.8) is 0 Å². The van der Waals surface area contributed by atoms with Crippen LogP contribution < -0.4 is 5.32 Å². The second-order valence-corrected chi connectivity index (χ2v) is 7.24. The number of carbonyl (C=O) groups is 1. The van der Waals surface area contributed by atoms with Gasteiger partial charge in [0.15, 0.2) is 0 Å². The monoisotopic (exact) mass is 328 g/mol. The van der Waals surface area contributed by atoms with Crippen molar-refractivity contribution in [3.8, 4) is 0 Å². The molecule has 2 heterocycles. The minimum Gasteiger partial charge on any atom is -0.347 e. The predicted molar refractivity (Wildman–Crippen MR) is 95.7 cm³/mol. The Morgan fingerprint density at radius 2 is 2.00 bits per heavy atom. The van der Waals surface area contributed by atoms with E-state index >= 15 is 0 Å². The minimum atomic E-state index is 0.00576. The summed E-state index contributed by atoms with van der Waals surface area (Å²) in [4.78, 5) is 15.3. The first-order chi connectivity index (χ1) is 11.2. The summed E-state index contributed by atoms with van der Waals surface area (Å²) >= 11 is 1.47. The SMILES string of the molecule is CC1CCCCN1Cc1ccc(CNC(=O)c2cccs2)cc1. The van der Waals surface area contributed by atoms with Crippen LogP contribution in [0.25, 0.3) is 0 Å². The average molecular weight is 328 g/mol. The molecule has 1 N–H and O–H groups in total. The lowest BCUT2D eigenvalue weighted by atomic mass is 10.0. The van der Waals surface area contributed by atoms with Gasteiger partial charge >= 0.3 is 0 Å². The fraction of sp³-hybridized carbons (Fsp3) is 0.421.